The van der Waals surface area contributed by atoms with Crippen LogP contribution in [0.5, 0.6) is 0 Å². The number of carboxylic acid groups (broad SMARTS) is 2. The molecule has 5 N–H and O–H groups in total. The predicted octanol–water partition coefficient (Wildman–Crippen LogP) is -1.85. The monoisotopic (exact) mass is 545 g/mol. The van der Waals surface area contributed by atoms with Crippen molar-refractivity contribution in [1.82, 2.24) is 15.2 Å². The van der Waals surface area contributed by atoms with E-state index in [2.05, 4.69) is 20.3 Å². The van der Waals surface area contributed by atoms with Crippen LogP contribution < -0.4 is 11.1 Å². The van der Waals surface area contributed by atoms with Crippen LogP contribution in [0.3, 0.4) is 0 Å². The standard InChI is InChI=1S/C18H19N5O8S2.2Na.2H/c19-18-20-8(6-33-18)11(22-31-4-10(24)25)14(26)21-12-15(27)23-13(17(28)29)7(5-32-16(12)23)9-2-1-3-30-9;;;;/h6,9,12,16H,1-5H2,(H2,19,20)(H,21,26)(H,24,25)(H,28,29);;;;/b22-11+;;;;/t9?,12-,16-;;;;/m1..../s1. The summed E-state index contributed by atoms with van der Waals surface area (Å²) in [4.78, 5) is 58.1. The Balaban J connectivity index is 0.00000216. The number of rotatable bonds is 8. The van der Waals surface area contributed by atoms with Crippen LogP contribution in [-0.4, -0.2) is 145 Å². The summed E-state index contributed by atoms with van der Waals surface area (Å²) in [5.74, 6) is -3.61. The van der Waals surface area contributed by atoms with Crippen LogP contribution in [0.4, 0.5) is 5.13 Å². The number of carbonyl (C=O) groups excluding carboxylic acids is 2. The van der Waals surface area contributed by atoms with Crippen molar-refractivity contribution in [1.29, 1.82) is 0 Å². The van der Waals surface area contributed by atoms with Gasteiger partial charge in [0.05, 0.1) is 6.10 Å². The molecule has 3 atom stereocenters. The second kappa shape index (κ2) is 12.9. The Morgan fingerprint density at radius 2 is 2.09 bits per heavy atom. The van der Waals surface area contributed by atoms with Gasteiger partial charge in [0, 0.05) is 17.7 Å². The molecule has 0 radical (unpaired) electrons. The molecule has 0 aromatic carbocycles. The van der Waals surface area contributed by atoms with Gasteiger partial charge in [-0.2, -0.15) is 0 Å². The van der Waals surface area contributed by atoms with Gasteiger partial charge in [0.2, 0.25) is 6.61 Å². The van der Waals surface area contributed by atoms with E-state index in [9.17, 15) is 24.3 Å². The van der Waals surface area contributed by atoms with Gasteiger partial charge in [0.1, 0.15) is 22.8 Å². The molecule has 3 aliphatic rings. The van der Waals surface area contributed by atoms with Gasteiger partial charge >= 0.3 is 71.1 Å². The molecule has 1 aromatic rings. The summed E-state index contributed by atoms with van der Waals surface area (Å²) in [6.07, 6.45) is 1.16. The normalized spacial score (nSPS) is 23.4. The first-order valence-electron chi connectivity index (χ1n) is 9.74. The zero-order chi connectivity index (χ0) is 23.7. The number of nitrogens with zero attached hydrogens (tertiary/aromatic N) is 3. The van der Waals surface area contributed by atoms with Gasteiger partial charge < -0.3 is 30.8 Å². The van der Waals surface area contributed by atoms with E-state index in [1.165, 1.54) is 17.1 Å². The molecule has 35 heavy (non-hydrogen) atoms. The Kier molecular flexibility index (Phi) is 11.1. The van der Waals surface area contributed by atoms with Crippen LogP contribution in [0.25, 0.3) is 0 Å². The maximum atomic E-state index is 12.9. The maximum absolute atomic E-state index is 12.9. The quantitative estimate of drug-likeness (QED) is 0.124. The molecule has 0 saturated carbocycles. The summed E-state index contributed by atoms with van der Waals surface area (Å²) in [5, 5.41) is 25.5. The van der Waals surface area contributed by atoms with Gasteiger partial charge in [-0.05, 0) is 18.4 Å². The third-order valence-electron chi connectivity index (χ3n) is 5.13. The van der Waals surface area contributed by atoms with E-state index < -0.39 is 41.8 Å². The van der Waals surface area contributed by atoms with Crippen LogP contribution in [0.15, 0.2) is 21.8 Å². The number of hydrogen-bond acceptors (Lipinski definition) is 11. The number of thiazole rings is 1. The Labute approximate surface area is 251 Å². The Hall–Kier alpha value is -1.17. The van der Waals surface area contributed by atoms with Crippen LogP contribution in [0.2, 0.25) is 0 Å². The topological polar surface area (TPSA) is 194 Å². The van der Waals surface area contributed by atoms with Crippen molar-refractivity contribution in [2.75, 3.05) is 24.7 Å². The summed E-state index contributed by atoms with van der Waals surface area (Å²) < 4.78 is 5.61. The number of anilines is 1. The van der Waals surface area contributed by atoms with Gasteiger partial charge in [-0.1, -0.05) is 5.16 Å². The van der Waals surface area contributed by atoms with Gasteiger partial charge in [-0.15, -0.1) is 23.1 Å². The Morgan fingerprint density at radius 1 is 1.34 bits per heavy atom. The fourth-order valence-electron chi connectivity index (χ4n) is 3.70. The third-order valence-corrected chi connectivity index (χ3v) is 7.10. The van der Waals surface area contributed by atoms with E-state index in [1.807, 2.05) is 0 Å². The SMILES string of the molecule is Nc1nc(/C(=N\OCC(=O)O)C(=O)N[C@@H]2C(=O)N3C(C(=O)O)=C(C4CCCO4)CS[C@H]23)cs1.[NaH].[NaH]. The minimum atomic E-state index is -1.30. The number of oxime groups is 1. The number of aromatic nitrogens is 1. The zero-order valence-corrected chi connectivity index (χ0v) is 18.6. The number of nitrogen functional groups attached to an aromatic ring is 1. The van der Waals surface area contributed by atoms with Crippen molar-refractivity contribution in [2.24, 2.45) is 5.16 Å². The fourth-order valence-corrected chi connectivity index (χ4v) is 5.66. The molecule has 2 saturated heterocycles. The van der Waals surface area contributed by atoms with Crippen LogP contribution in [0, 0.1) is 0 Å². The summed E-state index contributed by atoms with van der Waals surface area (Å²) in [6.45, 7) is -0.251. The molecule has 3 aliphatic heterocycles. The number of aliphatic carboxylic acids is 2. The summed E-state index contributed by atoms with van der Waals surface area (Å²) in [5.41, 5.74) is 5.75. The summed E-state index contributed by atoms with van der Waals surface area (Å²) in [6, 6.07) is -1.01. The Bertz CT molecular complexity index is 1080. The number of carboxylic acids is 2. The van der Waals surface area contributed by atoms with E-state index in [1.54, 1.807) is 0 Å². The predicted molar refractivity (Wildman–Crippen MR) is 130 cm³/mol. The van der Waals surface area contributed by atoms with Crippen molar-refractivity contribution < 1.29 is 39.0 Å². The van der Waals surface area contributed by atoms with E-state index >= 15 is 0 Å². The van der Waals surface area contributed by atoms with Gasteiger partial charge in [0.25, 0.3) is 11.8 Å². The van der Waals surface area contributed by atoms with Crippen molar-refractivity contribution in [3.05, 3.63) is 22.3 Å². The van der Waals surface area contributed by atoms with Crippen molar-refractivity contribution in [3.8, 4) is 0 Å². The number of carbonyl (C=O) groups is 4. The van der Waals surface area contributed by atoms with Crippen molar-refractivity contribution in [3.63, 3.8) is 0 Å². The van der Waals surface area contributed by atoms with Crippen molar-refractivity contribution >= 4 is 117 Å². The molecule has 2 fully saturated rings. The number of thioether (sulfide) groups is 1. The zero-order valence-electron chi connectivity index (χ0n) is 16.9. The first-order valence-corrected chi connectivity index (χ1v) is 11.7. The number of amides is 2. The van der Waals surface area contributed by atoms with Crippen LogP contribution in [0.1, 0.15) is 18.5 Å². The average Bonchev–Trinajstić information content (AvgIpc) is 3.45. The van der Waals surface area contributed by atoms with E-state index in [-0.39, 0.29) is 87.5 Å². The fraction of sp³-hybridized carbons (Fsp3) is 0.444. The van der Waals surface area contributed by atoms with E-state index in [0.29, 0.717) is 24.4 Å². The van der Waals surface area contributed by atoms with Crippen molar-refractivity contribution in [2.45, 2.75) is 30.4 Å². The number of hydrogen-bond donors (Lipinski definition) is 4. The molecule has 1 aromatic heterocycles. The van der Waals surface area contributed by atoms with E-state index in [0.717, 1.165) is 22.7 Å². The first-order chi connectivity index (χ1) is 15.8. The van der Waals surface area contributed by atoms with Gasteiger partial charge in [-0.3, -0.25) is 14.5 Å². The molecular weight excluding hydrogens is 524 g/mol. The molecular formula is C18H21N5Na2O8S2. The Morgan fingerprint density at radius 3 is 2.66 bits per heavy atom. The molecule has 0 aliphatic carbocycles. The summed E-state index contributed by atoms with van der Waals surface area (Å²) >= 11 is 2.36. The molecule has 0 bridgehead atoms. The van der Waals surface area contributed by atoms with Gasteiger partial charge in [-0.25, -0.2) is 14.6 Å². The molecule has 1 unspecified atom stereocenters. The van der Waals surface area contributed by atoms with E-state index in [4.69, 9.17) is 15.6 Å². The molecule has 0 spiro atoms. The summed E-state index contributed by atoms with van der Waals surface area (Å²) in [7, 11) is 0. The molecule has 4 heterocycles. The molecule has 4 rings (SSSR count). The minimum absolute atomic E-state index is 0. The molecule has 13 nitrogen and oxygen atoms in total. The molecule has 17 heteroatoms. The average molecular weight is 546 g/mol. The van der Waals surface area contributed by atoms with Gasteiger partial charge in [0.15, 0.2) is 10.8 Å². The third kappa shape index (κ3) is 6.40. The van der Waals surface area contributed by atoms with Crippen LogP contribution >= 0.6 is 23.1 Å². The second-order valence-electron chi connectivity index (χ2n) is 7.22. The molecule has 180 valence electrons. The first kappa shape index (κ1) is 30.1. The molecule has 2 amide bonds. The number of ether oxygens (including phenoxy) is 1. The number of fused-ring (bicyclic) bond motifs is 1. The number of nitrogens with two attached hydrogens (primary N) is 1. The number of nitrogens with one attached hydrogen (secondary N) is 1. The second-order valence-corrected chi connectivity index (χ2v) is 9.21. The number of β-lactam (4-membered cyclic amide) rings is 1. The van der Waals surface area contributed by atoms with Crippen LogP contribution in [-0.2, 0) is 28.8 Å².